The van der Waals surface area contributed by atoms with Crippen molar-refractivity contribution in [3.8, 4) is 11.3 Å². The number of nitrogen functional groups attached to an aromatic ring is 1. The number of rotatable bonds is 1. The molecule has 3 rings (SSSR count). The molecule has 0 aliphatic rings. The molecular formula is C14H10BrFN2. The number of halogens is 2. The molecule has 3 N–H and O–H groups in total. The second-order valence-electron chi connectivity index (χ2n) is 4.15. The van der Waals surface area contributed by atoms with Crippen LogP contribution in [0.2, 0.25) is 0 Å². The van der Waals surface area contributed by atoms with Crippen molar-refractivity contribution in [2.45, 2.75) is 0 Å². The number of aromatic amines is 1. The molecule has 18 heavy (non-hydrogen) atoms. The minimum Gasteiger partial charge on any atom is -0.398 e. The maximum absolute atomic E-state index is 13.1. The summed E-state index contributed by atoms with van der Waals surface area (Å²) in [7, 11) is 0. The van der Waals surface area contributed by atoms with Gasteiger partial charge in [0.2, 0.25) is 0 Å². The van der Waals surface area contributed by atoms with Crippen LogP contribution in [0.5, 0.6) is 0 Å². The largest absolute Gasteiger partial charge is 0.398 e. The van der Waals surface area contributed by atoms with Gasteiger partial charge in [0, 0.05) is 32.3 Å². The lowest BCUT2D eigenvalue weighted by molar-refractivity contribution is 0.630. The van der Waals surface area contributed by atoms with E-state index in [1.807, 2.05) is 24.3 Å². The molecule has 0 bridgehead atoms. The van der Waals surface area contributed by atoms with E-state index in [0.717, 1.165) is 26.6 Å². The first-order chi connectivity index (χ1) is 8.63. The highest BCUT2D eigenvalue weighted by molar-refractivity contribution is 9.10. The van der Waals surface area contributed by atoms with Gasteiger partial charge in [0.25, 0.3) is 0 Å². The summed E-state index contributed by atoms with van der Waals surface area (Å²) < 4.78 is 14.0. The maximum Gasteiger partial charge on any atom is 0.123 e. The van der Waals surface area contributed by atoms with Gasteiger partial charge in [-0.3, -0.25) is 0 Å². The SMILES string of the molecule is Nc1cc(-c2cc3cc(F)ccc3[nH]2)ccc1Br. The highest BCUT2D eigenvalue weighted by Gasteiger charge is 2.05. The Morgan fingerprint density at radius 1 is 1.06 bits per heavy atom. The Balaban J connectivity index is 2.16. The fourth-order valence-corrected chi connectivity index (χ4v) is 2.22. The average Bonchev–Trinajstić information content (AvgIpc) is 2.75. The molecule has 3 aromatic rings. The van der Waals surface area contributed by atoms with Crippen LogP contribution in [0, 0.1) is 5.82 Å². The highest BCUT2D eigenvalue weighted by Crippen LogP contribution is 2.29. The normalized spacial score (nSPS) is 11.0. The zero-order valence-electron chi connectivity index (χ0n) is 9.37. The summed E-state index contributed by atoms with van der Waals surface area (Å²) in [6.07, 6.45) is 0. The fourth-order valence-electron chi connectivity index (χ4n) is 1.97. The van der Waals surface area contributed by atoms with E-state index in [-0.39, 0.29) is 5.82 Å². The predicted octanol–water partition coefficient (Wildman–Crippen LogP) is 4.32. The fraction of sp³-hybridized carbons (Fsp3) is 0. The summed E-state index contributed by atoms with van der Waals surface area (Å²) >= 11 is 3.36. The van der Waals surface area contributed by atoms with Gasteiger partial charge in [-0.05, 0) is 52.3 Å². The Kier molecular flexibility index (Phi) is 2.59. The zero-order chi connectivity index (χ0) is 12.7. The molecule has 0 aliphatic heterocycles. The number of hydrogen-bond donors (Lipinski definition) is 2. The van der Waals surface area contributed by atoms with E-state index in [9.17, 15) is 4.39 Å². The third-order valence-electron chi connectivity index (χ3n) is 2.89. The maximum atomic E-state index is 13.1. The van der Waals surface area contributed by atoms with Gasteiger partial charge in [-0.2, -0.15) is 0 Å². The number of aromatic nitrogens is 1. The lowest BCUT2D eigenvalue weighted by Gasteiger charge is -2.01. The second kappa shape index (κ2) is 4.14. The Morgan fingerprint density at radius 3 is 2.67 bits per heavy atom. The molecule has 90 valence electrons. The molecule has 0 spiro atoms. The van der Waals surface area contributed by atoms with E-state index in [1.165, 1.54) is 12.1 Å². The standard InChI is InChI=1S/C14H10BrFN2/c15-11-3-1-8(6-12(11)17)14-7-9-5-10(16)2-4-13(9)18-14/h1-7,18H,17H2. The molecule has 1 heterocycles. The molecule has 1 aromatic heterocycles. The number of H-pyrrole nitrogens is 1. The first kappa shape index (κ1) is 11.3. The van der Waals surface area contributed by atoms with Gasteiger partial charge in [-0.1, -0.05) is 6.07 Å². The van der Waals surface area contributed by atoms with E-state index in [1.54, 1.807) is 6.07 Å². The second-order valence-corrected chi connectivity index (χ2v) is 5.01. The topological polar surface area (TPSA) is 41.8 Å². The number of nitrogens with one attached hydrogen (secondary N) is 1. The average molecular weight is 305 g/mol. The van der Waals surface area contributed by atoms with Crippen LogP contribution >= 0.6 is 15.9 Å². The lowest BCUT2D eigenvalue weighted by atomic mass is 10.1. The first-order valence-electron chi connectivity index (χ1n) is 5.47. The molecule has 0 radical (unpaired) electrons. The summed E-state index contributed by atoms with van der Waals surface area (Å²) in [5.41, 5.74) is 9.35. The van der Waals surface area contributed by atoms with Crippen LogP contribution in [-0.2, 0) is 0 Å². The van der Waals surface area contributed by atoms with Crippen LogP contribution in [0.1, 0.15) is 0 Å². The summed E-state index contributed by atoms with van der Waals surface area (Å²) in [6, 6.07) is 12.3. The Hall–Kier alpha value is -1.81. The Morgan fingerprint density at radius 2 is 1.89 bits per heavy atom. The van der Waals surface area contributed by atoms with Crippen molar-refractivity contribution in [3.05, 3.63) is 52.8 Å². The highest BCUT2D eigenvalue weighted by atomic mass is 79.9. The molecule has 0 unspecified atom stereocenters. The van der Waals surface area contributed by atoms with Gasteiger partial charge < -0.3 is 10.7 Å². The van der Waals surface area contributed by atoms with Crippen LogP contribution in [0.3, 0.4) is 0 Å². The van der Waals surface area contributed by atoms with E-state index in [2.05, 4.69) is 20.9 Å². The number of benzene rings is 2. The lowest BCUT2D eigenvalue weighted by Crippen LogP contribution is -1.87. The summed E-state index contributed by atoms with van der Waals surface area (Å²) in [5, 5.41) is 0.853. The van der Waals surface area contributed by atoms with Crippen molar-refractivity contribution in [1.29, 1.82) is 0 Å². The molecule has 0 fully saturated rings. The van der Waals surface area contributed by atoms with Crippen molar-refractivity contribution in [2.24, 2.45) is 0 Å². The molecule has 0 atom stereocenters. The van der Waals surface area contributed by atoms with Gasteiger partial charge in [0.05, 0.1) is 0 Å². The van der Waals surface area contributed by atoms with Gasteiger partial charge in [0.1, 0.15) is 5.82 Å². The molecule has 4 heteroatoms. The monoisotopic (exact) mass is 304 g/mol. The van der Waals surface area contributed by atoms with E-state index in [4.69, 9.17) is 5.73 Å². The van der Waals surface area contributed by atoms with E-state index in [0.29, 0.717) is 5.69 Å². The smallest absolute Gasteiger partial charge is 0.123 e. The van der Waals surface area contributed by atoms with Gasteiger partial charge in [-0.25, -0.2) is 4.39 Å². The molecule has 0 saturated heterocycles. The molecule has 0 saturated carbocycles. The van der Waals surface area contributed by atoms with E-state index < -0.39 is 0 Å². The minimum absolute atomic E-state index is 0.233. The van der Waals surface area contributed by atoms with Crippen molar-refractivity contribution in [3.63, 3.8) is 0 Å². The van der Waals surface area contributed by atoms with Crippen molar-refractivity contribution >= 4 is 32.5 Å². The first-order valence-corrected chi connectivity index (χ1v) is 6.26. The van der Waals surface area contributed by atoms with Crippen LogP contribution in [0.4, 0.5) is 10.1 Å². The quantitative estimate of drug-likeness (QED) is 0.646. The third kappa shape index (κ3) is 1.88. The van der Waals surface area contributed by atoms with Gasteiger partial charge in [-0.15, -0.1) is 0 Å². The number of hydrogen-bond acceptors (Lipinski definition) is 1. The molecule has 0 aliphatic carbocycles. The van der Waals surface area contributed by atoms with Crippen LogP contribution < -0.4 is 5.73 Å². The molecule has 0 amide bonds. The molecule has 2 aromatic carbocycles. The Bertz CT molecular complexity index is 734. The van der Waals surface area contributed by atoms with Crippen molar-refractivity contribution in [1.82, 2.24) is 4.98 Å². The number of nitrogens with two attached hydrogens (primary N) is 1. The van der Waals surface area contributed by atoms with Gasteiger partial charge in [0.15, 0.2) is 0 Å². The zero-order valence-corrected chi connectivity index (χ0v) is 11.0. The third-order valence-corrected chi connectivity index (χ3v) is 3.61. The minimum atomic E-state index is -0.233. The summed E-state index contributed by atoms with van der Waals surface area (Å²) in [6.45, 7) is 0. The van der Waals surface area contributed by atoms with Crippen LogP contribution in [0.25, 0.3) is 22.2 Å². The van der Waals surface area contributed by atoms with Crippen molar-refractivity contribution < 1.29 is 4.39 Å². The molecule has 2 nitrogen and oxygen atoms in total. The predicted molar refractivity (Wildman–Crippen MR) is 75.8 cm³/mol. The van der Waals surface area contributed by atoms with Crippen molar-refractivity contribution in [2.75, 3.05) is 5.73 Å². The number of anilines is 1. The summed E-state index contributed by atoms with van der Waals surface area (Å²) in [5.74, 6) is -0.233. The van der Waals surface area contributed by atoms with Gasteiger partial charge >= 0.3 is 0 Å². The molecular weight excluding hydrogens is 295 g/mol. The summed E-state index contributed by atoms with van der Waals surface area (Å²) in [4.78, 5) is 3.25. The van der Waals surface area contributed by atoms with Crippen LogP contribution in [-0.4, -0.2) is 4.98 Å². The van der Waals surface area contributed by atoms with Crippen LogP contribution in [0.15, 0.2) is 46.9 Å². The Labute approximate surface area is 112 Å². The van der Waals surface area contributed by atoms with E-state index >= 15 is 0 Å². The number of fused-ring (bicyclic) bond motifs is 1.